The highest BCUT2D eigenvalue weighted by Crippen LogP contribution is 2.31. The van der Waals surface area contributed by atoms with E-state index in [1.807, 2.05) is 11.1 Å². The summed E-state index contributed by atoms with van der Waals surface area (Å²) in [6.07, 6.45) is 2.67. The lowest BCUT2D eigenvalue weighted by molar-refractivity contribution is -0.122. The van der Waals surface area contributed by atoms with E-state index in [1.165, 1.54) is 11.3 Å². The molecular weight excluding hydrogens is 546 g/mol. The second kappa shape index (κ2) is 10.8. The van der Waals surface area contributed by atoms with Gasteiger partial charge in [-0.3, -0.25) is 9.59 Å². The highest BCUT2D eigenvalue weighted by Gasteiger charge is 2.44. The number of thiophene rings is 1. The first-order valence-corrected chi connectivity index (χ1v) is 12.5. The Kier molecular flexibility index (Phi) is 7.85. The summed E-state index contributed by atoms with van der Waals surface area (Å²) in [6, 6.07) is 8.59. The van der Waals surface area contributed by atoms with Gasteiger partial charge in [-0.25, -0.2) is 0 Å². The van der Waals surface area contributed by atoms with E-state index in [-0.39, 0.29) is 18.4 Å². The summed E-state index contributed by atoms with van der Waals surface area (Å²) in [5, 5.41) is 15.1. The standard InChI is InChI=1S/C22H21BrClN5O4S/c23-18-4-3-17(34-18)20(30)28-22(6-9-33-12-22)21(31)27-14-1-2-16(15(24)11-14)29-7-10-32-8-5-19(29)26-13-25/h1-4,11H,5-10,12H2,(H,27,31)(H,28,30)/t22-/m1/s1. The molecule has 0 spiro atoms. The summed E-state index contributed by atoms with van der Waals surface area (Å²) in [5.74, 6) is -0.145. The van der Waals surface area contributed by atoms with E-state index in [1.54, 1.807) is 30.3 Å². The van der Waals surface area contributed by atoms with Crippen molar-refractivity contribution in [2.75, 3.05) is 43.2 Å². The molecule has 2 saturated heterocycles. The topological polar surface area (TPSA) is 116 Å². The Balaban J connectivity index is 1.51. The fourth-order valence-corrected chi connectivity index (χ4v) is 5.35. The first-order valence-electron chi connectivity index (χ1n) is 10.5. The number of nitrogens with one attached hydrogen (secondary N) is 2. The molecule has 3 heterocycles. The highest BCUT2D eigenvalue weighted by atomic mass is 79.9. The van der Waals surface area contributed by atoms with Crippen molar-refractivity contribution in [3.63, 3.8) is 0 Å². The van der Waals surface area contributed by atoms with Crippen LogP contribution in [0.15, 0.2) is 39.1 Å². The van der Waals surface area contributed by atoms with Crippen LogP contribution < -0.4 is 15.5 Å². The first-order chi connectivity index (χ1) is 16.4. The Morgan fingerprint density at radius 2 is 2.09 bits per heavy atom. The average molecular weight is 567 g/mol. The number of nitrogens with zero attached hydrogens (tertiary/aromatic N) is 3. The summed E-state index contributed by atoms with van der Waals surface area (Å²) >= 11 is 11.2. The number of amidine groups is 1. The number of benzene rings is 1. The summed E-state index contributed by atoms with van der Waals surface area (Å²) in [4.78, 5) is 32.2. The number of rotatable bonds is 5. The van der Waals surface area contributed by atoms with Crippen molar-refractivity contribution in [1.29, 1.82) is 5.26 Å². The van der Waals surface area contributed by atoms with Gasteiger partial charge in [0.2, 0.25) is 6.19 Å². The largest absolute Gasteiger partial charge is 0.379 e. The van der Waals surface area contributed by atoms with Crippen molar-refractivity contribution in [3.8, 4) is 6.19 Å². The lowest BCUT2D eigenvalue weighted by atomic mass is 9.97. The molecule has 1 atom stereocenters. The number of halogens is 2. The minimum atomic E-state index is -1.19. The molecule has 0 bridgehead atoms. The molecule has 0 radical (unpaired) electrons. The second-order valence-electron chi connectivity index (χ2n) is 7.70. The molecule has 2 amide bonds. The van der Waals surface area contributed by atoms with E-state index in [2.05, 4.69) is 31.6 Å². The summed E-state index contributed by atoms with van der Waals surface area (Å²) in [7, 11) is 0. The number of nitriles is 1. The number of hydrogen-bond acceptors (Lipinski definition) is 7. The molecule has 12 heteroatoms. The third-order valence-electron chi connectivity index (χ3n) is 5.52. The number of aliphatic imine (C=N–C) groups is 1. The first kappa shape index (κ1) is 24.6. The maximum Gasteiger partial charge on any atom is 0.262 e. The molecule has 0 unspecified atom stereocenters. The van der Waals surface area contributed by atoms with Gasteiger partial charge in [0.1, 0.15) is 11.4 Å². The van der Waals surface area contributed by atoms with Gasteiger partial charge in [-0.1, -0.05) is 11.6 Å². The number of ether oxygens (including phenoxy) is 2. The van der Waals surface area contributed by atoms with Crippen molar-refractivity contribution in [3.05, 3.63) is 44.0 Å². The third kappa shape index (κ3) is 5.42. The van der Waals surface area contributed by atoms with E-state index in [4.69, 9.17) is 26.3 Å². The third-order valence-corrected chi connectivity index (χ3v) is 7.45. The van der Waals surface area contributed by atoms with Crippen LogP contribution in [0.3, 0.4) is 0 Å². The van der Waals surface area contributed by atoms with E-state index in [0.717, 1.165) is 3.79 Å². The van der Waals surface area contributed by atoms with Crippen LogP contribution in [-0.4, -0.2) is 56.2 Å². The van der Waals surface area contributed by atoms with Gasteiger partial charge in [-0.2, -0.15) is 10.3 Å². The Labute approximate surface area is 213 Å². The van der Waals surface area contributed by atoms with Crippen LogP contribution in [0.5, 0.6) is 0 Å². The average Bonchev–Trinajstić information content (AvgIpc) is 3.40. The van der Waals surface area contributed by atoms with E-state index in [0.29, 0.717) is 66.3 Å². The zero-order chi connectivity index (χ0) is 24.1. The van der Waals surface area contributed by atoms with Crippen LogP contribution in [0, 0.1) is 11.5 Å². The fourth-order valence-electron chi connectivity index (χ4n) is 3.79. The second-order valence-corrected chi connectivity index (χ2v) is 10.6. The zero-order valence-corrected chi connectivity index (χ0v) is 21.1. The molecule has 2 aliphatic rings. The van der Waals surface area contributed by atoms with Crippen molar-refractivity contribution in [2.45, 2.75) is 18.4 Å². The summed E-state index contributed by atoms with van der Waals surface area (Å²) in [6.45, 7) is 1.88. The highest BCUT2D eigenvalue weighted by molar-refractivity contribution is 9.11. The van der Waals surface area contributed by atoms with Gasteiger partial charge in [0.15, 0.2) is 0 Å². The summed E-state index contributed by atoms with van der Waals surface area (Å²) < 4.78 is 11.8. The van der Waals surface area contributed by atoms with Crippen LogP contribution >= 0.6 is 38.9 Å². The molecule has 0 aliphatic carbocycles. The molecule has 2 fully saturated rings. The van der Waals surface area contributed by atoms with Crippen molar-refractivity contribution >= 4 is 67.9 Å². The van der Waals surface area contributed by atoms with Crippen molar-refractivity contribution in [2.24, 2.45) is 4.99 Å². The van der Waals surface area contributed by atoms with Crippen LogP contribution in [0.25, 0.3) is 0 Å². The van der Waals surface area contributed by atoms with Gasteiger partial charge >= 0.3 is 0 Å². The van der Waals surface area contributed by atoms with Crippen LogP contribution in [-0.2, 0) is 14.3 Å². The van der Waals surface area contributed by atoms with Gasteiger partial charge in [0, 0.05) is 31.7 Å². The minimum absolute atomic E-state index is 0.0741. The number of carbonyl (C=O) groups excluding carboxylic acids is 2. The van der Waals surface area contributed by atoms with Crippen LogP contribution in [0.1, 0.15) is 22.5 Å². The maximum atomic E-state index is 13.3. The molecule has 2 aromatic rings. The Bertz CT molecular complexity index is 1160. The predicted molar refractivity (Wildman–Crippen MR) is 134 cm³/mol. The molecule has 4 rings (SSSR count). The Hall–Kier alpha value is -2.49. The zero-order valence-electron chi connectivity index (χ0n) is 18.0. The predicted octanol–water partition coefficient (Wildman–Crippen LogP) is 3.80. The van der Waals surface area contributed by atoms with Crippen LogP contribution in [0.4, 0.5) is 11.4 Å². The molecule has 9 nitrogen and oxygen atoms in total. The van der Waals surface area contributed by atoms with Gasteiger partial charge in [0.05, 0.1) is 39.2 Å². The number of anilines is 2. The number of hydrogen-bond donors (Lipinski definition) is 2. The molecule has 34 heavy (non-hydrogen) atoms. The van der Waals surface area contributed by atoms with Crippen molar-refractivity contribution < 1.29 is 19.1 Å². The molecule has 1 aromatic heterocycles. The van der Waals surface area contributed by atoms with Gasteiger partial charge < -0.3 is 25.0 Å². The SMILES string of the molecule is N#CN=C1CCOCCN1c1ccc(NC(=O)[C@@]2(NC(=O)c3ccc(Br)s3)CCOC2)cc1Cl. The maximum absolute atomic E-state index is 13.3. The van der Waals surface area contributed by atoms with E-state index < -0.39 is 5.54 Å². The monoisotopic (exact) mass is 565 g/mol. The molecule has 2 N–H and O–H groups in total. The fraction of sp³-hybridized carbons (Fsp3) is 0.364. The van der Waals surface area contributed by atoms with Gasteiger partial charge in [0.25, 0.3) is 11.8 Å². The Morgan fingerprint density at radius 1 is 1.24 bits per heavy atom. The van der Waals surface area contributed by atoms with Crippen molar-refractivity contribution in [1.82, 2.24) is 5.32 Å². The number of amides is 2. The molecule has 2 aliphatic heterocycles. The normalized spacial score (nSPS) is 21.7. The van der Waals surface area contributed by atoms with E-state index in [9.17, 15) is 9.59 Å². The summed E-state index contributed by atoms with van der Waals surface area (Å²) in [5.41, 5.74) is -0.0504. The lowest BCUT2D eigenvalue weighted by Crippen LogP contribution is -2.57. The molecular formula is C22H21BrClN5O4S. The number of carbonyl (C=O) groups is 2. The Morgan fingerprint density at radius 3 is 2.76 bits per heavy atom. The molecule has 1 aromatic carbocycles. The van der Waals surface area contributed by atoms with E-state index >= 15 is 0 Å². The smallest absolute Gasteiger partial charge is 0.262 e. The van der Waals surface area contributed by atoms with Crippen LogP contribution in [0.2, 0.25) is 5.02 Å². The van der Waals surface area contributed by atoms with Gasteiger partial charge in [-0.05, 0) is 46.3 Å². The minimum Gasteiger partial charge on any atom is -0.379 e. The molecule has 0 saturated carbocycles. The quantitative estimate of drug-likeness (QED) is 0.532. The molecule has 178 valence electrons. The lowest BCUT2D eigenvalue weighted by Gasteiger charge is -2.28. The van der Waals surface area contributed by atoms with Gasteiger partial charge in [-0.15, -0.1) is 11.3 Å².